The van der Waals surface area contributed by atoms with Crippen molar-refractivity contribution >= 4 is 10.9 Å². The van der Waals surface area contributed by atoms with Gasteiger partial charge in [-0.1, -0.05) is 6.07 Å². The van der Waals surface area contributed by atoms with E-state index in [1.54, 1.807) is 6.07 Å². The molecule has 0 saturated heterocycles. The predicted octanol–water partition coefficient (Wildman–Crippen LogP) is 3.54. The monoisotopic (exact) mass is 288 g/mol. The molecule has 4 nitrogen and oxygen atoms in total. The van der Waals surface area contributed by atoms with E-state index in [-0.39, 0.29) is 0 Å². The molecule has 1 aliphatic heterocycles. The molecule has 2 heterocycles. The highest BCUT2D eigenvalue weighted by molar-refractivity contribution is 5.83. The molecule has 1 aliphatic rings. The molecule has 0 aliphatic carbocycles. The Balaban J connectivity index is 1.79. The largest absolute Gasteiger partial charge is 0.486 e. The van der Waals surface area contributed by atoms with Crippen molar-refractivity contribution in [2.24, 2.45) is 0 Å². The fourth-order valence-electron chi connectivity index (χ4n) is 2.56. The zero-order valence-corrected chi connectivity index (χ0v) is 11.7. The summed E-state index contributed by atoms with van der Waals surface area (Å²) in [5.41, 5.74) is 3.36. The molecule has 22 heavy (non-hydrogen) atoms. The van der Waals surface area contributed by atoms with Crippen molar-refractivity contribution in [2.45, 2.75) is 0 Å². The highest BCUT2D eigenvalue weighted by Crippen LogP contribution is 2.34. The minimum Gasteiger partial charge on any atom is -0.486 e. The first kappa shape index (κ1) is 12.7. The number of fused-ring (bicyclic) bond motifs is 2. The van der Waals surface area contributed by atoms with Crippen LogP contribution in [0.3, 0.4) is 0 Å². The van der Waals surface area contributed by atoms with Gasteiger partial charge in [0, 0.05) is 10.9 Å². The molecule has 0 atom stereocenters. The maximum Gasteiger partial charge on any atom is 0.162 e. The Morgan fingerprint density at radius 2 is 1.77 bits per heavy atom. The molecule has 0 fully saturated rings. The molecular formula is C18H12N2O2. The molecule has 2 aromatic carbocycles. The summed E-state index contributed by atoms with van der Waals surface area (Å²) in [5.74, 6) is 1.53. The molecule has 0 amide bonds. The second kappa shape index (κ2) is 5.05. The van der Waals surface area contributed by atoms with Crippen LogP contribution >= 0.6 is 0 Å². The van der Waals surface area contributed by atoms with Crippen molar-refractivity contribution in [3.05, 3.63) is 54.1 Å². The maximum absolute atomic E-state index is 8.95. The second-order valence-electron chi connectivity index (χ2n) is 5.07. The van der Waals surface area contributed by atoms with Crippen molar-refractivity contribution in [1.29, 1.82) is 5.26 Å². The second-order valence-corrected chi connectivity index (χ2v) is 5.07. The fraction of sp³-hybridized carbons (Fsp3) is 0.111. The average Bonchev–Trinajstić information content (AvgIpc) is 2.60. The van der Waals surface area contributed by atoms with E-state index in [1.807, 2.05) is 42.5 Å². The van der Waals surface area contributed by atoms with Gasteiger partial charge in [0.15, 0.2) is 11.5 Å². The van der Waals surface area contributed by atoms with Gasteiger partial charge in [0.25, 0.3) is 0 Å². The molecule has 0 bridgehead atoms. The number of nitrogens with zero attached hydrogens (tertiary/aromatic N) is 2. The fourth-order valence-corrected chi connectivity index (χ4v) is 2.56. The van der Waals surface area contributed by atoms with Crippen molar-refractivity contribution < 1.29 is 9.47 Å². The third-order valence-corrected chi connectivity index (χ3v) is 3.66. The number of pyridine rings is 1. The van der Waals surface area contributed by atoms with Crippen molar-refractivity contribution in [1.82, 2.24) is 4.98 Å². The van der Waals surface area contributed by atoms with Crippen LogP contribution in [0.5, 0.6) is 11.5 Å². The first-order chi connectivity index (χ1) is 10.8. The lowest BCUT2D eigenvalue weighted by Gasteiger charge is -2.18. The molecule has 0 saturated carbocycles. The van der Waals surface area contributed by atoms with Crippen molar-refractivity contribution in [2.75, 3.05) is 13.2 Å². The molecule has 0 unspecified atom stereocenters. The topological polar surface area (TPSA) is 55.1 Å². The van der Waals surface area contributed by atoms with E-state index < -0.39 is 0 Å². The zero-order valence-electron chi connectivity index (χ0n) is 11.7. The smallest absolute Gasteiger partial charge is 0.162 e. The van der Waals surface area contributed by atoms with E-state index in [4.69, 9.17) is 14.7 Å². The molecule has 0 N–H and O–H groups in total. The van der Waals surface area contributed by atoms with Gasteiger partial charge in [0.1, 0.15) is 13.2 Å². The van der Waals surface area contributed by atoms with Gasteiger partial charge < -0.3 is 9.47 Å². The summed E-state index contributed by atoms with van der Waals surface area (Å²) in [4.78, 5) is 4.66. The summed E-state index contributed by atoms with van der Waals surface area (Å²) in [7, 11) is 0. The Hall–Kier alpha value is -3.06. The van der Waals surface area contributed by atoms with Crippen LogP contribution in [0.15, 0.2) is 48.5 Å². The molecule has 3 aromatic rings. The summed E-state index contributed by atoms with van der Waals surface area (Å²) in [5, 5.41) is 9.90. The summed E-state index contributed by atoms with van der Waals surface area (Å²) in [6, 6.07) is 17.4. The molecule has 106 valence electrons. The van der Waals surface area contributed by atoms with Crippen LogP contribution in [0.2, 0.25) is 0 Å². The van der Waals surface area contributed by atoms with Gasteiger partial charge in [0.05, 0.1) is 22.8 Å². The zero-order chi connectivity index (χ0) is 14.9. The number of ether oxygens (including phenoxy) is 2. The van der Waals surface area contributed by atoms with Crippen LogP contribution in [0, 0.1) is 11.3 Å². The van der Waals surface area contributed by atoms with Gasteiger partial charge in [-0.15, -0.1) is 0 Å². The van der Waals surface area contributed by atoms with Gasteiger partial charge in [-0.3, -0.25) is 0 Å². The maximum atomic E-state index is 8.95. The van der Waals surface area contributed by atoms with E-state index in [1.165, 1.54) is 0 Å². The number of rotatable bonds is 1. The molecule has 0 spiro atoms. The van der Waals surface area contributed by atoms with Crippen LogP contribution in [0.1, 0.15) is 5.56 Å². The lowest BCUT2D eigenvalue weighted by molar-refractivity contribution is 0.171. The van der Waals surface area contributed by atoms with E-state index in [0.717, 1.165) is 33.7 Å². The Morgan fingerprint density at radius 1 is 0.909 bits per heavy atom. The Bertz CT molecular complexity index is 913. The van der Waals surface area contributed by atoms with E-state index in [0.29, 0.717) is 18.8 Å². The minimum atomic E-state index is 0.568. The molecule has 1 aromatic heterocycles. The van der Waals surface area contributed by atoms with Crippen molar-refractivity contribution in [3.63, 3.8) is 0 Å². The third kappa shape index (κ3) is 2.13. The van der Waals surface area contributed by atoms with Crippen LogP contribution < -0.4 is 9.47 Å². The van der Waals surface area contributed by atoms with Gasteiger partial charge in [-0.2, -0.15) is 5.26 Å². The van der Waals surface area contributed by atoms with Gasteiger partial charge >= 0.3 is 0 Å². The molecule has 4 rings (SSSR count). The number of nitriles is 1. The highest BCUT2D eigenvalue weighted by Gasteiger charge is 2.13. The van der Waals surface area contributed by atoms with E-state index in [2.05, 4.69) is 11.1 Å². The molecule has 4 heteroatoms. The van der Waals surface area contributed by atoms with Crippen LogP contribution in [0.25, 0.3) is 22.2 Å². The quantitative estimate of drug-likeness (QED) is 0.687. The Labute approximate surface area is 127 Å². The number of benzene rings is 2. The molecular weight excluding hydrogens is 276 g/mol. The standard InChI is InChI=1S/C18H12N2O2/c19-11-12-1-4-15-13(9-12)2-5-16(20-15)14-3-6-17-18(10-14)22-8-7-21-17/h1-6,9-10H,7-8H2. The molecule has 0 radical (unpaired) electrons. The van der Waals surface area contributed by atoms with Crippen LogP contribution in [0.4, 0.5) is 0 Å². The summed E-state index contributed by atoms with van der Waals surface area (Å²) in [6.07, 6.45) is 0. The van der Waals surface area contributed by atoms with Gasteiger partial charge in [0.2, 0.25) is 0 Å². The Kier molecular flexibility index (Phi) is 2.90. The number of hydrogen-bond donors (Lipinski definition) is 0. The lowest BCUT2D eigenvalue weighted by atomic mass is 10.1. The summed E-state index contributed by atoms with van der Waals surface area (Å²) >= 11 is 0. The third-order valence-electron chi connectivity index (χ3n) is 3.66. The average molecular weight is 288 g/mol. The van der Waals surface area contributed by atoms with Crippen molar-refractivity contribution in [3.8, 4) is 28.8 Å². The van der Waals surface area contributed by atoms with Crippen LogP contribution in [-0.2, 0) is 0 Å². The SMILES string of the molecule is N#Cc1ccc2nc(-c3ccc4c(c3)OCCO4)ccc2c1. The minimum absolute atomic E-state index is 0.568. The summed E-state index contributed by atoms with van der Waals surface area (Å²) < 4.78 is 11.1. The Morgan fingerprint density at radius 3 is 2.64 bits per heavy atom. The normalized spacial score (nSPS) is 12.9. The number of hydrogen-bond acceptors (Lipinski definition) is 4. The predicted molar refractivity (Wildman–Crippen MR) is 82.9 cm³/mol. The highest BCUT2D eigenvalue weighted by atomic mass is 16.6. The summed E-state index contributed by atoms with van der Waals surface area (Å²) in [6.45, 7) is 1.15. The first-order valence-corrected chi connectivity index (χ1v) is 7.04. The first-order valence-electron chi connectivity index (χ1n) is 7.04. The lowest BCUT2D eigenvalue weighted by Crippen LogP contribution is -2.15. The van der Waals surface area contributed by atoms with E-state index in [9.17, 15) is 0 Å². The van der Waals surface area contributed by atoms with Gasteiger partial charge in [-0.05, 0) is 42.5 Å². The van der Waals surface area contributed by atoms with Crippen LogP contribution in [-0.4, -0.2) is 18.2 Å². The number of aromatic nitrogens is 1. The van der Waals surface area contributed by atoms with E-state index >= 15 is 0 Å². The van der Waals surface area contributed by atoms with Gasteiger partial charge in [-0.25, -0.2) is 4.98 Å².